The summed E-state index contributed by atoms with van der Waals surface area (Å²) in [6.45, 7) is 0.623. The monoisotopic (exact) mass is 303 g/mol. The molecule has 6 heteroatoms. The number of benzene rings is 1. The zero-order valence-electron chi connectivity index (χ0n) is 12.5. The van der Waals surface area contributed by atoms with Crippen LogP contribution >= 0.6 is 0 Å². The molecule has 0 saturated heterocycles. The maximum atomic E-state index is 11.9. The van der Waals surface area contributed by atoms with Crippen LogP contribution in [0.4, 0.5) is 0 Å². The van der Waals surface area contributed by atoms with E-state index in [2.05, 4.69) is 15.5 Å². The smallest absolute Gasteiger partial charge is 0.303 e. The Morgan fingerprint density at radius 1 is 1.14 bits per heavy atom. The van der Waals surface area contributed by atoms with Gasteiger partial charge in [-0.3, -0.25) is 14.7 Å². The van der Waals surface area contributed by atoms with E-state index >= 15 is 0 Å². The zero-order chi connectivity index (χ0) is 15.8. The Balaban J connectivity index is 1.65. The number of carbonyl (C=O) groups is 2. The number of unbranched alkanes of at least 4 members (excludes halogenated alkanes) is 3. The lowest BCUT2D eigenvalue weighted by atomic mass is 10.1. The van der Waals surface area contributed by atoms with Crippen LogP contribution in [0.25, 0.3) is 10.9 Å². The molecule has 1 amide bonds. The molecule has 3 N–H and O–H groups in total. The molecule has 1 aromatic heterocycles. The molecule has 0 aliphatic carbocycles. The lowest BCUT2D eigenvalue weighted by Gasteiger charge is -2.04. The number of carboxylic acids is 1. The van der Waals surface area contributed by atoms with E-state index in [9.17, 15) is 9.59 Å². The van der Waals surface area contributed by atoms with Crippen molar-refractivity contribution >= 4 is 22.8 Å². The van der Waals surface area contributed by atoms with Crippen molar-refractivity contribution in [3.8, 4) is 0 Å². The number of H-pyrrole nitrogens is 1. The summed E-state index contributed by atoms with van der Waals surface area (Å²) in [5, 5.41) is 19.5. The first-order chi connectivity index (χ1) is 10.7. The molecule has 0 saturated carbocycles. The van der Waals surface area contributed by atoms with Gasteiger partial charge in [0.2, 0.25) is 5.91 Å². The molecule has 0 fully saturated rings. The number of nitrogens with one attached hydrogen (secondary N) is 2. The van der Waals surface area contributed by atoms with E-state index < -0.39 is 5.97 Å². The van der Waals surface area contributed by atoms with E-state index in [0.717, 1.165) is 35.9 Å². The molecule has 22 heavy (non-hydrogen) atoms. The molecule has 1 aromatic carbocycles. The molecule has 6 nitrogen and oxygen atoms in total. The van der Waals surface area contributed by atoms with Crippen LogP contribution < -0.4 is 5.32 Å². The van der Waals surface area contributed by atoms with E-state index in [4.69, 9.17) is 5.11 Å². The van der Waals surface area contributed by atoms with Crippen LogP contribution in [0, 0.1) is 0 Å². The molecule has 0 unspecified atom stereocenters. The van der Waals surface area contributed by atoms with Crippen molar-refractivity contribution in [1.82, 2.24) is 15.5 Å². The first kappa shape index (κ1) is 16.0. The average molecular weight is 303 g/mol. The molecule has 118 valence electrons. The van der Waals surface area contributed by atoms with Gasteiger partial charge in [0.25, 0.3) is 0 Å². The van der Waals surface area contributed by atoms with Gasteiger partial charge in [-0.05, 0) is 18.9 Å². The lowest BCUT2D eigenvalue weighted by Crippen LogP contribution is -2.26. The predicted octanol–water partition coefficient (Wildman–Crippen LogP) is 2.26. The van der Waals surface area contributed by atoms with Gasteiger partial charge < -0.3 is 10.4 Å². The number of carboxylic acid groups (broad SMARTS) is 1. The molecular weight excluding hydrogens is 282 g/mol. The molecule has 0 atom stereocenters. The summed E-state index contributed by atoms with van der Waals surface area (Å²) in [6.07, 6.45) is 3.89. The summed E-state index contributed by atoms with van der Waals surface area (Å²) in [5.41, 5.74) is 1.69. The maximum Gasteiger partial charge on any atom is 0.303 e. The number of carbonyl (C=O) groups excluding carboxylic acids is 1. The highest BCUT2D eigenvalue weighted by Crippen LogP contribution is 2.15. The minimum atomic E-state index is -0.750. The molecule has 0 bridgehead atoms. The van der Waals surface area contributed by atoms with E-state index in [1.807, 2.05) is 24.3 Å². The summed E-state index contributed by atoms with van der Waals surface area (Å²) in [7, 11) is 0. The third-order valence-electron chi connectivity index (χ3n) is 3.52. The number of aromatic amines is 1. The van der Waals surface area contributed by atoms with Crippen LogP contribution in [0.5, 0.6) is 0 Å². The van der Waals surface area contributed by atoms with Gasteiger partial charge in [0.15, 0.2) is 0 Å². The molecular formula is C16H21N3O3. The second-order valence-electron chi connectivity index (χ2n) is 5.30. The van der Waals surface area contributed by atoms with Crippen LogP contribution in [-0.2, 0) is 16.0 Å². The Morgan fingerprint density at radius 2 is 1.91 bits per heavy atom. The Hall–Kier alpha value is -2.37. The highest BCUT2D eigenvalue weighted by Gasteiger charge is 2.09. The Bertz CT molecular complexity index is 636. The van der Waals surface area contributed by atoms with Gasteiger partial charge in [-0.1, -0.05) is 31.0 Å². The van der Waals surface area contributed by atoms with E-state index in [-0.39, 0.29) is 12.3 Å². The number of rotatable bonds is 9. The summed E-state index contributed by atoms with van der Waals surface area (Å²) in [5.74, 6) is -0.778. The maximum absolute atomic E-state index is 11.9. The van der Waals surface area contributed by atoms with E-state index in [1.54, 1.807) is 0 Å². The summed E-state index contributed by atoms with van der Waals surface area (Å²) >= 11 is 0. The third-order valence-corrected chi connectivity index (χ3v) is 3.52. The van der Waals surface area contributed by atoms with Gasteiger partial charge in [-0.25, -0.2) is 0 Å². The minimum Gasteiger partial charge on any atom is -0.481 e. The number of nitrogens with zero attached hydrogens (tertiary/aromatic N) is 1. The fourth-order valence-corrected chi connectivity index (χ4v) is 2.35. The van der Waals surface area contributed by atoms with Crippen molar-refractivity contribution in [3.05, 3.63) is 30.0 Å². The Kier molecular flexibility index (Phi) is 5.94. The Morgan fingerprint density at radius 3 is 2.73 bits per heavy atom. The summed E-state index contributed by atoms with van der Waals surface area (Å²) in [6, 6.07) is 7.70. The second kappa shape index (κ2) is 8.17. The minimum absolute atomic E-state index is 0.0278. The second-order valence-corrected chi connectivity index (χ2v) is 5.30. The molecule has 2 aromatic rings. The van der Waals surface area contributed by atoms with Crippen molar-refractivity contribution in [1.29, 1.82) is 0 Å². The van der Waals surface area contributed by atoms with Gasteiger partial charge >= 0.3 is 5.97 Å². The van der Waals surface area contributed by atoms with Crippen molar-refractivity contribution in [2.45, 2.75) is 38.5 Å². The first-order valence-electron chi connectivity index (χ1n) is 7.57. The molecule has 2 rings (SSSR count). The predicted molar refractivity (Wildman–Crippen MR) is 83.5 cm³/mol. The quantitative estimate of drug-likeness (QED) is 0.619. The number of fused-ring (bicyclic) bond motifs is 1. The number of para-hydroxylation sites is 1. The van der Waals surface area contributed by atoms with Crippen LogP contribution in [0.2, 0.25) is 0 Å². The van der Waals surface area contributed by atoms with Gasteiger partial charge in [0.1, 0.15) is 0 Å². The molecule has 0 aliphatic rings. The SMILES string of the molecule is O=C(O)CCCCCCNC(=O)Cc1[nH]nc2ccccc12. The molecule has 1 heterocycles. The molecule has 0 aliphatic heterocycles. The molecule has 0 radical (unpaired) electrons. The van der Waals surface area contributed by atoms with E-state index in [1.165, 1.54) is 0 Å². The normalized spacial score (nSPS) is 10.7. The van der Waals surface area contributed by atoms with Gasteiger partial charge in [-0.2, -0.15) is 5.10 Å². The average Bonchev–Trinajstić information content (AvgIpc) is 2.89. The lowest BCUT2D eigenvalue weighted by molar-refractivity contribution is -0.137. The van der Waals surface area contributed by atoms with Crippen LogP contribution in [0.15, 0.2) is 24.3 Å². The number of hydrogen-bond acceptors (Lipinski definition) is 3. The fraction of sp³-hybridized carbons (Fsp3) is 0.438. The largest absolute Gasteiger partial charge is 0.481 e. The number of aromatic nitrogens is 2. The first-order valence-corrected chi connectivity index (χ1v) is 7.57. The standard InChI is InChI=1S/C16H21N3O3/c20-15(17-10-6-2-1-3-9-16(21)22)11-14-12-7-4-5-8-13(12)18-19-14/h4-5,7-8H,1-3,6,9-11H2,(H,17,20)(H,18,19)(H,21,22). The highest BCUT2D eigenvalue weighted by molar-refractivity contribution is 5.87. The van der Waals surface area contributed by atoms with Crippen molar-refractivity contribution < 1.29 is 14.7 Å². The third kappa shape index (κ3) is 4.87. The van der Waals surface area contributed by atoms with Crippen molar-refractivity contribution in [2.75, 3.05) is 6.54 Å². The summed E-state index contributed by atoms with van der Waals surface area (Å²) in [4.78, 5) is 22.3. The van der Waals surface area contributed by atoms with Crippen molar-refractivity contribution in [2.24, 2.45) is 0 Å². The molecule has 0 spiro atoms. The number of hydrogen-bond donors (Lipinski definition) is 3. The zero-order valence-corrected chi connectivity index (χ0v) is 12.5. The summed E-state index contributed by atoms with van der Waals surface area (Å²) < 4.78 is 0. The fourth-order valence-electron chi connectivity index (χ4n) is 2.35. The van der Waals surface area contributed by atoms with Gasteiger partial charge in [-0.15, -0.1) is 0 Å². The van der Waals surface area contributed by atoms with Gasteiger partial charge in [0, 0.05) is 18.4 Å². The number of aliphatic carboxylic acids is 1. The van der Waals surface area contributed by atoms with Crippen LogP contribution in [-0.4, -0.2) is 33.7 Å². The van der Waals surface area contributed by atoms with Gasteiger partial charge in [0.05, 0.1) is 17.6 Å². The van der Waals surface area contributed by atoms with E-state index in [0.29, 0.717) is 19.4 Å². The van der Waals surface area contributed by atoms with Crippen LogP contribution in [0.1, 0.15) is 37.8 Å². The Labute approximate surface area is 128 Å². The van der Waals surface area contributed by atoms with Crippen molar-refractivity contribution in [3.63, 3.8) is 0 Å². The van der Waals surface area contributed by atoms with Crippen LogP contribution in [0.3, 0.4) is 0 Å². The highest BCUT2D eigenvalue weighted by atomic mass is 16.4. The topological polar surface area (TPSA) is 95.1 Å². The number of amides is 1.